The fourth-order valence-electron chi connectivity index (χ4n) is 3.65. The Kier molecular flexibility index (Phi) is 4.22. The number of nitrogens with two attached hydrogens (primary N) is 1. The van der Waals surface area contributed by atoms with Gasteiger partial charge in [0.25, 0.3) is 0 Å². The Morgan fingerprint density at radius 3 is 2.88 bits per heavy atom. The van der Waals surface area contributed by atoms with Gasteiger partial charge in [-0.05, 0) is 37.0 Å². The lowest BCUT2D eigenvalue weighted by molar-refractivity contribution is 0.466. The van der Waals surface area contributed by atoms with Gasteiger partial charge in [0, 0.05) is 33.7 Å². The van der Waals surface area contributed by atoms with Crippen molar-refractivity contribution in [2.45, 2.75) is 32.2 Å². The van der Waals surface area contributed by atoms with Gasteiger partial charge in [-0.2, -0.15) is 0 Å². The van der Waals surface area contributed by atoms with E-state index in [4.69, 9.17) is 17.3 Å². The highest BCUT2D eigenvalue weighted by atomic mass is 79.9. The second kappa shape index (κ2) is 6.37. The number of hydrogen-bond donors (Lipinski definition) is 1. The lowest BCUT2D eigenvalue weighted by atomic mass is 10.1. The van der Waals surface area contributed by atoms with Crippen molar-refractivity contribution in [3.8, 4) is 11.3 Å². The molecule has 0 saturated heterocycles. The summed E-state index contributed by atoms with van der Waals surface area (Å²) in [6.45, 7) is 1.04. The van der Waals surface area contributed by atoms with E-state index >= 15 is 0 Å². The van der Waals surface area contributed by atoms with Gasteiger partial charge in [0.15, 0.2) is 0 Å². The van der Waals surface area contributed by atoms with Gasteiger partial charge in [-0.1, -0.05) is 40.4 Å². The Hall–Kier alpha value is -1.59. The molecule has 2 N–H and O–H groups in total. The van der Waals surface area contributed by atoms with Gasteiger partial charge in [0.2, 0.25) is 5.95 Å². The third-order valence-corrected chi connectivity index (χ3v) is 5.56. The average Bonchev–Trinajstić information content (AvgIpc) is 3.18. The molecule has 2 aromatic heterocycles. The van der Waals surface area contributed by atoms with E-state index in [-0.39, 0.29) is 5.95 Å². The first-order chi connectivity index (χ1) is 11.6. The highest BCUT2D eigenvalue weighted by Crippen LogP contribution is 2.36. The zero-order chi connectivity index (χ0) is 16.7. The molecule has 1 aliphatic rings. The summed E-state index contributed by atoms with van der Waals surface area (Å²) in [5.41, 5.74) is 8.68. The molecule has 6 heteroatoms. The van der Waals surface area contributed by atoms with E-state index in [1.807, 2.05) is 0 Å². The van der Waals surface area contributed by atoms with Crippen molar-refractivity contribution in [1.29, 1.82) is 0 Å². The molecular weight excluding hydrogens is 388 g/mol. The molecular formula is C18H18BrClN4. The molecule has 2 heterocycles. The summed E-state index contributed by atoms with van der Waals surface area (Å²) in [6.07, 6.45) is 9.03. The SMILES string of the molecule is Nc1ncc(Cl)c(-c2cn(CC3CCCC3)c3ccc(Br)cc23)n1. The summed E-state index contributed by atoms with van der Waals surface area (Å²) < 4.78 is 3.37. The maximum Gasteiger partial charge on any atom is 0.220 e. The molecule has 0 amide bonds. The van der Waals surface area contributed by atoms with E-state index in [0.717, 1.165) is 27.9 Å². The molecule has 1 fully saturated rings. The van der Waals surface area contributed by atoms with E-state index in [1.54, 1.807) is 6.20 Å². The van der Waals surface area contributed by atoms with Crippen molar-refractivity contribution in [3.05, 3.63) is 40.1 Å². The van der Waals surface area contributed by atoms with Crippen LogP contribution in [0.15, 0.2) is 35.1 Å². The molecule has 0 atom stereocenters. The Bertz CT molecular complexity index is 899. The number of rotatable bonds is 3. The van der Waals surface area contributed by atoms with Crippen LogP contribution in [0.25, 0.3) is 22.2 Å². The normalized spacial score (nSPS) is 15.4. The van der Waals surface area contributed by atoms with Crippen LogP contribution >= 0.6 is 27.5 Å². The van der Waals surface area contributed by atoms with E-state index in [2.05, 4.69) is 54.9 Å². The molecule has 1 saturated carbocycles. The standard InChI is InChI=1S/C18H18BrClN4/c19-12-5-6-16-13(7-12)14(17-15(20)8-22-18(21)23-17)10-24(16)9-11-3-1-2-4-11/h5-8,10-11H,1-4,9H2,(H2,21,22,23). The van der Waals surface area contributed by atoms with Gasteiger partial charge in [-0.3, -0.25) is 0 Å². The molecule has 1 aliphatic carbocycles. The highest BCUT2D eigenvalue weighted by molar-refractivity contribution is 9.10. The number of anilines is 1. The van der Waals surface area contributed by atoms with Gasteiger partial charge in [-0.15, -0.1) is 0 Å². The van der Waals surface area contributed by atoms with Crippen molar-refractivity contribution >= 4 is 44.4 Å². The second-order valence-electron chi connectivity index (χ2n) is 6.43. The molecule has 1 aromatic carbocycles. The fraction of sp³-hybridized carbons (Fsp3) is 0.333. The maximum absolute atomic E-state index is 6.35. The molecule has 24 heavy (non-hydrogen) atoms. The number of aromatic nitrogens is 3. The monoisotopic (exact) mass is 404 g/mol. The minimum absolute atomic E-state index is 0.237. The minimum Gasteiger partial charge on any atom is -0.368 e. The summed E-state index contributed by atoms with van der Waals surface area (Å²) in [6, 6.07) is 6.34. The Labute approximate surface area is 154 Å². The number of hydrogen-bond acceptors (Lipinski definition) is 3. The number of fused-ring (bicyclic) bond motifs is 1. The van der Waals surface area contributed by atoms with Crippen LogP contribution in [0.1, 0.15) is 25.7 Å². The van der Waals surface area contributed by atoms with Crippen molar-refractivity contribution in [2.24, 2.45) is 5.92 Å². The van der Waals surface area contributed by atoms with Crippen LogP contribution in [0, 0.1) is 5.92 Å². The second-order valence-corrected chi connectivity index (χ2v) is 7.75. The molecule has 124 valence electrons. The third-order valence-electron chi connectivity index (χ3n) is 4.79. The Morgan fingerprint density at radius 1 is 1.29 bits per heavy atom. The number of benzene rings is 1. The largest absolute Gasteiger partial charge is 0.368 e. The van der Waals surface area contributed by atoms with E-state index < -0.39 is 0 Å². The van der Waals surface area contributed by atoms with Crippen molar-refractivity contribution in [1.82, 2.24) is 14.5 Å². The zero-order valence-corrected chi connectivity index (χ0v) is 15.5. The van der Waals surface area contributed by atoms with Crippen LogP contribution < -0.4 is 5.73 Å². The third kappa shape index (κ3) is 2.91. The summed E-state index contributed by atoms with van der Waals surface area (Å²) in [5, 5.41) is 1.64. The molecule has 4 nitrogen and oxygen atoms in total. The van der Waals surface area contributed by atoms with Crippen LogP contribution in [0.2, 0.25) is 5.02 Å². The van der Waals surface area contributed by atoms with Crippen LogP contribution in [-0.2, 0) is 6.54 Å². The lowest BCUT2D eigenvalue weighted by Crippen LogP contribution is -2.05. The highest BCUT2D eigenvalue weighted by Gasteiger charge is 2.19. The van der Waals surface area contributed by atoms with Gasteiger partial charge in [-0.25, -0.2) is 9.97 Å². The first kappa shape index (κ1) is 15.9. The van der Waals surface area contributed by atoms with Crippen LogP contribution in [0.3, 0.4) is 0 Å². The number of nitrogen functional groups attached to an aromatic ring is 1. The average molecular weight is 406 g/mol. The molecule has 4 rings (SSSR count). The Morgan fingerprint density at radius 2 is 2.08 bits per heavy atom. The van der Waals surface area contributed by atoms with Crippen LogP contribution in [0.4, 0.5) is 5.95 Å². The summed E-state index contributed by atoms with van der Waals surface area (Å²) in [5.74, 6) is 0.990. The van der Waals surface area contributed by atoms with Crippen LogP contribution in [0.5, 0.6) is 0 Å². The summed E-state index contributed by atoms with van der Waals surface area (Å²) >= 11 is 9.92. The van der Waals surface area contributed by atoms with Gasteiger partial charge in [0.05, 0.1) is 16.9 Å². The molecule has 0 bridgehead atoms. The number of nitrogens with zero attached hydrogens (tertiary/aromatic N) is 3. The van der Waals surface area contributed by atoms with E-state index in [1.165, 1.54) is 31.2 Å². The minimum atomic E-state index is 0.237. The van der Waals surface area contributed by atoms with Crippen molar-refractivity contribution in [2.75, 3.05) is 5.73 Å². The topological polar surface area (TPSA) is 56.7 Å². The van der Waals surface area contributed by atoms with Gasteiger partial charge < -0.3 is 10.3 Å². The van der Waals surface area contributed by atoms with E-state index in [0.29, 0.717) is 10.7 Å². The first-order valence-electron chi connectivity index (χ1n) is 8.18. The van der Waals surface area contributed by atoms with Gasteiger partial charge >= 0.3 is 0 Å². The Balaban J connectivity index is 1.88. The van der Waals surface area contributed by atoms with Gasteiger partial charge in [0.1, 0.15) is 0 Å². The fourth-order valence-corrected chi connectivity index (χ4v) is 4.20. The molecule has 0 aliphatic heterocycles. The molecule has 0 unspecified atom stereocenters. The van der Waals surface area contributed by atoms with E-state index in [9.17, 15) is 0 Å². The smallest absolute Gasteiger partial charge is 0.220 e. The summed E-state index contributed by atoms with van der Waals surface area (Å²) in [4.78, 5) is 8.35. The zero-order valence-electron chi connectivity index (χ0n) is 13.2. The molecule has 0 spiro atoms. The molecule has 3 aromatic rings. The maximum atomic E-state index is 6.35. The number of halogens is 2. The van der Waals surface area contributed by atoms with Crippen molar-refractivity contribution < 1.29 is 0 Å². The molecule has 0 radical (unpaired) electrons. The summed E-state index contributed by atoms with van der Waals surface area (Å²) in [7, 11) is 0. The van der Waals surface area contributed by atoms with Crippen LogP contribution in [-0.4, -0.2) is 14.5 Å². The lowest BCUT2D eigenvalue weighted by Gasteiger charge is -2.11. The quantitative estimate of drug-likeness (QED) is 0.644. The first-order valence-corrected chi connectivity index (χ1v) is 9.35. The predicted molar refractivity (Wildman–Crippen MR) is 102 cm³/mol. The predicted octanol–water partition coefficient (Wildman–Crippen LogP) is 5.29. The van der Waals surface area contributed by atoms with Crippen molar-refractivity contribution in [3.63, 3.8) is 0 Å².